The maximum Gasteiger partial charge on any atom is 0.300 e. The average Bonchev–Trinajstić information content (AvgIpc) is 3.16. The van der Waals surface area contributed by atoms with Crippen molar-refractivity contribution in [2.45, 2.75) is 45.6 Å². The number of ketones is 1. The van der Waals surface area contributed by atoms with Gasteiger partial charge < -0.3 is 14.6 Å². The summed E-state index contributed by atoms with van der Waals surface area (Å²) in [5.74, 6) is -0.638. The van der Waals surface area contributed by atoms with Gasteiger partial charge in [0.05, 0.1) is 25.3 Å². The fraction of sp³-hybridized carbons (Fsp3) is 0.290. The number of aliphatic hydroxyl groups is 1. The Bertz CT molecular complexity index is 1330. The topological polar surface area (TPSA) is 76.1 Å². The maximum absolute atomic E-state index is 13.5. The monoisotopic (exact) mass is 499 g/mol. The molecule has 192 valence electrons. The van der Waals surface area contributed by atoms with Crippen molar-refractivity contribution in [1.82, 2.24) is 0 Å². The van der Waals surface area contributed by atoms with E-state index in [-0.39, 0.29) is 16.7 Å². The molecule has 0 aromatic heterocycles. The lowest BCUT2D eigenvalue weighted by atomic mass is 9.87. The molecular weight excluding hydrogens is 466 g/mol. The molecule has 4 rings (SSSR count). The Morgan fingerprint density at radius 2 is 1.68 bits per heavy atom. The lowest BCUT2D eigenvalue weighted by Crippen LogP contribution is -2.29. The second kappa shape index (κ2) is 10.5. The van der Waals surface area contributed by atoms with Crippen molar-refractivity contribution in [1.29, 1.82) is 0 Å². The molecule has 6 nitrogen and oxygen atoms in total. The molecule has 3 aromatic carbocycles. The van der Waals surface area contributed by atoms with Crippen molar-refractivity contribution in [2.75, 3.05) is 18.6 Å². The van der Waals surface area contributed by atoms with E-state index >= 15 is 0 Å². The summed E-state index contributed by atoms with van der Waals surface area (Å²) in [6, 6.07) is 20.9. The van der Waals surface area contributed by atoms with Crippen LogP contribution in [0.3, 0.4) is 0 Å². The van der Waals surface area contributed by atoms with Gasteiger partial charge in [-0.1, -0.05) is 70.2 Å². The molecule has 37 heavy (non-hydrogen) atoms. The van der Waals surface area contributed by atoms with Gasteiger partial charge in [-0.05, 0) is 47.7 Å². The summed E-state index contributed by atoms with van der Waals surface area (Å²) >= 11 is 0. The number of methoxy groups -OCH3 is 1. The molecule has 0 radical (unpaired) electrons. The van der Waals surface area contributed by atoms with Crippen LogP contribution in [0.2, 0.25) is 0 Å². The van der Waals surface area contributed by atoms with E-state index in [0.717, 1.165) is 12.0 Å². The molecule has 0 saturated carbocycles. The number of rotatable bonds is 7. The van der Waals surface area contributed by atoms with Gasteiger partial charge >= 0.3 is 0 Å². The van der Waals surface area contributed by atoms with Crippen LogP contribution in [-0.4, -0.2) is 30.5 Å². The van der Waals surface area contributed by atoms with Crippen LogP contribution in [0.5, 0.6) is 11.5 Å². The Labute approximate surface area is 218 Å². The van der Waals surface area contributed by atoms with Crippen molar-refractivity contribution in [3.8, 4) is 11.5 Å². The van der Waals surface area contributed by atoms with E-state index in [1.807, 2.05) is 43.3 Å². The van der Waals surface area contributed by atoms with Crippen LogP contribution in [0.4, 0.5) is 5.69 Å². The molecule has 1 heterocycles. The summed E-state index contributed by atoms with van der Waals surface area (Å²) < 4.78 is 11.3. The number of anilines is 1. The number of para-hydroxylation sites is 1. The number of Topliss-reactive ketones (excluding diaryl/α,β-unsaturated/α-hetero) is 1. The molecular formula is C31H33NO5. The van der Waals surface area contributed by atoms with E-state index in [2.05, 4.69) is 20.8 Å². The summed E-state index contributed by atoms with van der Waals surface area (Å²) in [5.41, 5.74) is 2.59. The number of benzene rings is 3. The second-order valence-corrected chi connectivity index (χ2v) is 10.1. The van der Waals surface area contributed by atoms with E-state index < -0.39 is 17.7 Å². The predicted octanol–water partition coefficient (Wildman–Crippen LogP) is 6.41. The molecule has 1 saturated heterocycles. The molecule has 1 unspecified atom stereocenters. The standard InChI is InChI=1S/C31H33NO5/c1-6-18-37-23-11-9-10-20(19-23)28(33)26-27(24-12-7-8-13-25(24)36-5)32(30(35)29(26)34)22-16-14-21(15-17-22)31(2,3)4/h7-17,19,27,33H,6,18H2,1-5H3/b28-26+. The maximum atomic E-state index is 13.5. The molecule has 1 fully saturated rings. The number of carbonyl (C=O) groups is 2. The first kappa shape index (κ1) is 26.0. The first-order valence-electron chi connectivity index (χ1n) is 12.4. The summed E-state index contributed by atoms with van der Waals surface area (Å²) in [6.45, 7) is 8.87. The number of carbonyl (C=O) groups excluding carboxylic acids is 2. The molecule has 1 atom stereocenters. The molecule has 1 N–H and O–H groups in total. The van der Waals surface area contributed by atoms with Gasteiger partial charge in [-0.15, -0.1) is 0 Å². The molecule has 0 bridgehead atoms. The number of aliphatic hydroxyl groups excluding tert-OH is 1. The van der Waals surface area contributed by atoms with Gasteiger partial charge in [0.2, 0.25) is 0 Å². The third-order valence-corrected chi connectivity index (χ3v) is 6.47. The molecule has 1 aliphatic rings. The third kappa shape index (κ3) is 5.10. The van der Waals surface area contributed by atoms with Gasteiger partial charge in [0.1, 0.15) is 17.3 Å². The highest BCUT2D eigenvalue weighted by molar-refractivity contribution is 6.51. The van der Waals surface area contributed by atoms with Crippen molar-refractivity contribution < 1.29 is 24.2 Å². The van der Waals surface area contributed by atoms with Gasteiger partial charge in [-0.3, -0.25) is 14.5 Å². The second-order valence-electron chi connectivity index (χ2n) is 10.1. The van der Waals surface area contributed by atoms with E-state index in [0.29, 0.717) is 34.9 Å². The Balaban J connectivity index is 1.90. The highest BCUT2D eigenvalue weighted by Crippen LogP contribution is 2.45. The molecule has 6 heteroatoms. The van der Waals surface area contributed by atoms with E-state index in [9.17, 15) is 14.7 Å². The summed E-state index contributed by atoms with van der Waals surface area (Å²) in [4.78, 5) is 28.4. The Morgan fingerprint density at radius 1 is 0.973 bits per heavy atom. The van der Waals surface area contributed by atoms with Gasteiger partial charge in [0.25, 0.3) is 11.7 Å². The summed E-state index contributed by atoms with van der Waals surface area (Å²) in [5, 5.41) is 11.5. The Kier molecular flexibility index (Phi) is 7.39. The largest absolute Gasteiger partial charge is 0.507 e. The quantitative estimate of drug-likeness (QED) is 0.231. The number of hydrogen-bond donors (Lipinski definition) is 1. The highest BCUT2D eigenvalue weighted by atomic mass is 16.5. The SMILES string of the molecule is CCCOc1cccc(/C(O)=C2\C(=O)C(=O)N(c3ccc(C(C)(C)C)cc3)C2c2ccccc2OC)c1. The smallest absolute Gasteiger partial charge is 0.300 e. The predicted molar refractivity (Wildman–Crippen MR) is 145 cm³/mol. The zero-order valence-corrected chi connectivity index (χ0v) is 21.9. The van der Waals surface area contributed by atoms with E-state index in [1.165, 1.54) is 12.0 Å². The van der Waals surface area contributed by atoms with Crippen molar-refractivity contribution in [3.05, 3.63) is 95.1 Å². The Morgan fingerprint density at radius 3 is 2.32 bits per heavy atom. The van der Waals surface area contributed by atoms with Gasteiger partial charge in [0, 0.05) is 16.8 Å². The minimum absolute atomic E-state index is 0.00189. The minimum atomic E-state index is -0.878. The molecule has 3 aromatic rings. The van der Waals surface area contributed by atoms with Crippen LogP contribution < -0.4 is 14.4 Å². The summed E-state index contributed by atoms with van der Waals surface area (Å²) in [6.07, 6.45) is 0.836. The van der Waals surface area contributed by atoms with Crippen LogP contribution in [0, 0.1) is 0 Å². The minimum Gasteiger partial charge on any atom is -0.507 e. The van der Waals surface area contributed by atoms with E-state index in [1.54, 1.807) is 36.4 Å². The number of hydrogen-bond acceptors (Lipinski definition) is 5. The zero-order chi connectivity index (χ0) is 26.7. The van der Waals surface area contributed by atoms with Crippen LogP contribution in [0.15, 0.2) is 78.4 Å². The van der Waals surface area contributed by atoms with Gasteiger partial charge in [-0.25, -0.2) is 0 Å². The zero-order valence-electron chi connectivity index (χ0n) is 21.9. The first-order valence-corrected chi connectivity index (χ1v) is 12.4. The van der Waals surface area contributed by atoms with Crippen LogP contribution in [0.1, 0.15) is 56.8 Å². The normalized spacial score (nSPS) is 17.2. The van der Waals surface area contributed by atoms with Crippen molar-refractivity contribution in [3.63, 3.8) is 0 Å². The van der Waals surface area contributed by atoms with E-state index in [4.69, 9.17) is 9.47 Å². The third-order valence-electron chi connectivity index (χ3n) is 6.47. The van der Waals surface area contributed by atoms with Gasteiger partial charge in [-0.2, -0.15) is 0 Å². The van der Waals surface area contributed by atoms with Crippen LogP contribution in [-0.2, 0) is 15.0 Å². The van der Waals surface area contributed by atoms with Gasteiger partial charge in [0.15, 0.2) is 0 Å². The van der Waals surface area contributed by atoms with Crippen LogP contribution >= 0.6 is 0 Å². The van der Waals surface area contributed by atoms with Crippen molar-refractivity contribution >= 4 is 23.1 Å². The molecule has 0 spiro atoms. The number of amides is 1. The molecule has 1 amide bonds. The Hall–Kier alpha value is -4.06. The number of nitrogens with zero attached hydrogens (tertiary/aromatic N) is 1. The fourth-order valence-electron chi connectivity index (χ4n) is 4.52. The lowest BCUT2D eigenvalue weighted by Gasteiger charge is -2.27. The molecule has 1 aliphatic heterocycles. The highest BCUT2D eigenvalue weighted by Gasteiger charge is 2.48. The van der Waals surface area contributed by atoms with Crippen molar-refractivity contribution in [2.24, 2.45) is 0 Å². The summed E-state index contributed by atoms with van der Waals surface area (Å²) in [7, 11) is 1.54. The average molecular weight is 500 g/mol. The van der Waals surface area contributed by atoms with Crippen LogP contribution in [0.25, 0.3) is 5.76 Å². The number of ether oxygens (including phenoxy) is 2. The lowest BCUT2D eigenvalue weighted by molar-refractivity contribution is -0.132. The molecule has 0 aliphatic carbocycles. The fourth-order valence-corrected chi connectivity index (χ4v) is 4.52. The first-order chi connectivity index (χ1) is 17.7.